The third-order valence-electron chi connectivity index (χ3n) is 7.65. The predicted octanol–water partition coefficient (Wildman–Crippen LogP) is 4.39. The van der Waals surface area contributed by atoms with Crippen molar-refractivity contribution in [1.82, 2.24) is 30.3 Å². The van der Waals surface area contributed by atoms with E-state index in [1.54, 1.807) is 35.1 Å². The molecule has 3 aromatic rings. The number of nitrogens with one attached hydrogen (secondary N) is 2. The minimum absolute atomic E-state index is 0.00399. The van der Waals surface area contributed by atoms with E-state index < -0.39 is 43.3 Å². The van der Waals surface area contributed by atoms with Crippen molar-refractivity contribution in [2.24, 2.45) is 5.92 Å². The van der Waals surface area contributed by atoms with Crippen molar-refractivity contribution >= 4 is 23.0 Å². The van der Waals surface area contributed by atoms with Crippen LogP contribution in [0.4, 0.5) is 18.0 Å². The van der Waals surface area contributed by atoms with Crippen LogP contribution >= 0.6 is 0 Å². The van der Waals surface area contributed by atoms with Gasteiger partial charge in [-0.3, -0.25) is 9.48 Å². The first-order chi connectivity index (χ1) is 19.2. The molecule has 0 bridgehead atoms. The minimum atomic E-state index is -3.08. The number of benzene rings is 1. The Labute approximate surface area is 229 Å². The fourth-order valence-electron chi connectivity index (χ4n) is 5.55. The molecule has 40 heavy (non-hydrogen) atoms. The van der Waals surface area contributed by atoms with Crippen molar-refractivity contribution < 1.29 is 31.9 Å². The van der Waals surface area contributed by atoms with Crippen molar-refractivity contribution in [3.05, 3.63) is 47.6 Å². The molecule has 0 radical (unpaired) electrons. The number of alkyl halides is 3. The van der Waals surface area contributed by atoms with E-state index in [9.17, 15) is 22.8 Å². The van der Waals surface area contributed by atoms with Gasteiger partial charge in [-0.15, -0.1) is 0 Å². The van der Waals surface area contributed by atoms with E-state index in [4.69, 9.17) is 9.15 Å². The number of halogens is 3. The normalized spacial score (nSPS) is 22.6. The molecule has 13 heteroatoms. The molecule has 1 saturated carbocycles. The van der Waals surface area contributed by atoms with E-state index in [2.05, 4.69) is 20.7 Å². The summed E-state index contributed by atoms with van der Waals surface area (Å²) in [5.74, 6) is -3.24. The van der Waals surface area contributed by atoms with Gasteiger partial charge in [-0.1, -0.05) is 6.07 Å². The lowest BCUT2D eigenvalue weighted by atomic mass is 9.83. The number of oxazole rings is 1. The summed E-state index contributed by atoms with van der Waals surface area (Å²) in [6.45, 7) is 0.936. The third kappa shape index (κ3) is 5.79. The van der Waals surface area contributed by atoms with Crippen molar-refractivity contribution in [1.29, 1.82) is 0 Å². The second kappa shape index (κ2) is 11.5. The number of urea groups is 1. The Hall–Kier alpha value is -3.61. The first kappa shape index (κ1) is 27.9. The lowest BCUT2D eigenvalue weighted by molar-refractivity contribution is -0.0509. The van der Waals surface area contributed by atoms with Crippen LogP contribution in [0.15, 0.2) is 34.9 Å². The van der Waals surface area contributed by atoms with Crippen LogP contribution < -0.4 is 10.6 Å². The van der Waals surface area contributed by atoms with Gasteiger partial charge >= 0.3 is 6.03 Å². The fourth-order valence-corrected chi connectivity index (χ4v) is 5.55. The number of carbonyl (C=O) groups excluding carboxylic acids is 2. The van der Waals surface area contributed by atoms with Gasteiger partial charge in [0.1, 0.15) is 23.4 Å². The summed E-state index contributed by atoms with van der Waals surface area (Å²) >= 11 is 0. The number of amides is 3. The number of hydrogen-bond acceptors (Lipinski definition) is 6. The molecule has 3 heterocycles. The molecule has 1 aromatic carbocycles. The maximum atomic E-state index is 14.2. The largest absolute Gasteiger partial charge is 0.438 e. The summed E-state index contributed by atoms with van der Waals surface area (Å²) in [7, 11) is 1.43. The molecular weight excluding hydrogens is 529 g/mol. The molecule has 0 spiro atoms. The molecule has 1 aliphatic carbocycles. The second-order valence-corrected chi connectivity index (χ2v) is 10.4. The zero-order chi connectivity index (χ0) is 28.4. The van der Waals surface area contributed by atoms with Gasteiger partial charge in [-0.05, 0) is 62.3 Å². The zero-order valence-electron chi connectivity index (χ0n) is 22.4. The van der Waals surface area contributed by atoms with Gasteiger partial charge in [-0.25, -0.2) is 22.9 Å². The topological polar surface area (TPSA) is 115 Å². The molecule has 2 aromatic heterocycles. The van der Waals surface area contributed by atoms with Crippen molar-refractivity contribution in [2.45, 2.75) is 63.3 Å². The minimum Gasteiger partial charge on any atom is -0.438 e. The Morgan fingerprint density at radius 3 is 2.77 bits per heavy atom. The smallest absolute Gasteiger partial charge is 0.318 e. The molecular formula is C27H33F3N6O4. The van der Waals surface area contributed by atoms with Crippen LogP contribution in [-0.4, -0.2) is 70.5 Å². The van der Waals surface area contributed by atoms with E-state index in [1.165, 1.54) is 7.11 Å². The molecule has 5 rings (SSSR count). The standard InChI is InChI=1S/C27H33F3N6O4/c1-3-36-20(10-11-32-36)24(37)34-23(16-4-7-18(28)8-5-16)25-33-19-12-17(6-9-22(19)40-25)21(13-39-2)35-15-27(29,30)14-31-26(35)38/h6,9-12,16,18,21,23H,3-5,7-8,13-15H2,1-2H3,(H,31,38)(H,34,37). The maximum Gasteiger partial charge on any atom is 0.318 e. The van der Waals surface area contributed by atoms with Crippen LogP contribution in [0.1, 0.15) is 66.6 Å². The Morgan fingerprint density at radius 1 is 1.27 bits per heavy atom. The van der Waals surface area contributed by atoms with E-state index in [0.717, 1.165) is 4.90 Å². The van der Waals surface area contributed by atoms with E-state index in [1.807, 2.05) is 6.92 Å². The summed E-state index contributed by atoms with van der Waals surface area (Å²) in [6, 6.07) is 4.64. The summed E-state index contributed by atoms with van der Waals surface area (Å²) in [5.41, 5.74) is 1.81. The van der Waals surface area contributed by atoms with Crippen LogP contribution in [-0.2, 0) is 11.3 Å². The number of carbonyl (C=O) groups is 2. The van der Waals surface area contributed by atoms with Crippen molar-refractivity contribution in [3.8, 4) is 0 Å². The summed E-state index contributed by atoms with van der Waals surface area (Å²) in [5, 5.41) is 9.44. The molecule has 216 valence electrons. The van der Waals surface area contributed by atoms with Crippen LogP contribution in [0.3, 0.4) is 0 Å². The Morgan fingerprint density at radius 2 is 2.05 bits per heavy atom. The summed E-state index contributed by atoms with van der Waals surface area (Å²) in [4.78, 5) is 31.5. The van der Waals surface area contributed by atoms with Gasteiger partial charge in [-0.2, -0.15) is 5.10 Å². The number of aromatic nitrogens is 3. The number of ether oxygens (including phenoxy) is 1. The van der Waals surface area contributed by atoms with Gasteiger partial charge in [0, 0.05) is 19.9 Å². The van der Waals surface area contributed by atoms with Gasteiger partial charge in [0.15, 0.2) is 5.58 Å². The molecule has 2 aliphatic rings. The van der Waals surface area contributed by atoms with Crippen LogP contribution in [0.2, 0.25) is 0 Å². The highest BCUT2D eigenvalue weighted by Crippen LogP contribution is 2.37. The first-order valence-corrected chi connectivity index (χ1v) is 13.5. The number of aryl methyl sites for hydroxylation is 1. The van der Waals surface area contributed by atoms with Crippen LogP contribution in [0.5, 0.6) is 0 Å². The van der Waals surface area contributed by atoms with Gasteiger partial charge in [0.25, 0.3) is 11.8 Å². The number of rotatable bonds is 9. The molecule has 2 unspecified atom stereocenters. The monoisotopic (exact) mass is 562 g/mol. The second-order valence-electron chi connectivity index (χ2n) is 10.4. The molecule has 3 amide bonds. The number of nitrogens with zero attached hydrogens (tertiary/aromatic N) is 4. The van der Waals surface area contributed by atoms with E-state index in [-0.39, 0.29) is 24.3 Å². The highest BCUT2D eigenvalue weighted by molar-refractivity contribution is 5.92. The predicted molar refractivity (Wildman–Crippen MR) is 139 cm³/mol. The molecule has 2 atom stereocenters. The zero-order valence-corrected chi connectivity index (χ0v) is 22.4. The Balaban J connectivity index is 1.46. The molecule has 2 fully saturated rings. The SMILES string of the molecule is CCn1nccc1C(=O)NC(c1nc2cc(C(COC)N3CC(F)(F)CNC3=O)ccc2o1)C1CCC(F)CC1. The third-order valence-corrected chi connectivity index (χ3v) is 7.65. The molecule has 1 aliphatic heterocycles. The number of fused-ring (bicyclic) bond motifs is 1. The van der Waals surface area contributed by atoms with Gasteiger partial charge < -0.3 is 24.7 Å². The summed E-state index contributed by atoms with van der Waals surface area (Å²) < 4.78 is 55.2. The maximum absolute atomic E-state index is 14.2. The van der Waals surface area contributed by atoms with E-state index >= 15 is 0 Å². The lowest BCUT2D eigenvalue weighted by Crippen LogP contribution is -2.58. The average molecular weight is 563 g/mol. The van der Waals surface area contributed by atoms with Crippen molar-refractivity contribution in [3.63, 3.8) is 0 Å². The number of hydrogen-bond donors (Lipinski definition) is 2. The van der Waals surface area contributed by atoms with Crippen LogP contribution in [0.25, 0.3) is 11.1 Å². The summed E-state index contributed by atoms with van der Waals surface area (Å²) in [6.07, 6.45) is 2.55. The molecule has 1 saturated heterocycles. The Kier molecular flexibility index (Phi) is 8.02. The highest BCUT2D eigenvalue weighted by Gasteiger charge is 2.42. The fraction of sp³-hybridized carbons (Fsp3) is 0.556. The average Bonchev–Trinajstić information content (AvgIpc) is 3.59. The first-order valence-electron chi connectivity index (χ1n) is 13.5. The molecule has 10 nitrogen and oxygen atoms in total. The quantitative estimate of drug-likeness (QED) is 0.400. The van der Waals surface area contributed by atoms with Crippen LogP contribution in [0, 0.1) is 5.92 Å². The van der Waals surface area contributed by atoms with E-state index in [0.29, 0.717) is 54.6 Å². The Bertz CT molecular complexity index is 1350. The van der Waals surface area contributed by atoms with Crippen molar-refractivity contribution in [2.75, 3.05) is 26.8 Å². The van der Waals surface area contributed by atoms with Gasteiger partial charge in [0.05, 0.1) is 25.7 Å². The lowest BCUT2D eigenvalue weighted by Gasteiger charge is -2.38. The highest BCUT2D eigenvalue weighted by atomic mass is 19.3. The molecule has 2 N–H and O–H groups in total. The number of methoxy groups -OCH3 is 1. The van der Waals surface area contributed by atoms with Gasteiger partial charge in [0.2, 0.25) is 5.89 Å².